The van der Waals surface area contributed by atoms with E-state index in [1.165, 1.54) is 24.2 Å². The first-order valence-corrected chi connectivity index (χ1v) is 7.67. The number of aromatic nitrogens is 3. The third-order valence-corrected chi connectivity index (χ3v) is 3.72. The molecular weight excluding hydrogens is 331 g/mol. The predicted octanol–water partition coefficient (Wildman–Crippen LogP) is 4.72. The molecule has 0 saturated heterocycles. The molecule has 1 aromatic carbocycles. The minimum atomic E-state index is -4.47. The minimum absolute atomic E-state index is 0.107. The first-order valence-electron chi connectivity index (χ1n) is 7.67. The van der Waals surface area contributed by atoms with Crippen LogP contribution >= 0.6 is 0 Å². The third kappa shape index (κ3) is 4.17. The zero-order chi connectivity index (χ0) is 17.9. The molecule has 130 valence electrons. The molecule has 0 amide bonds. The standard InChI is InChI=1S/C18H16F3N3O/c1-25-16-10-14(9-15(11-16)18(19,20)21)17-22-12-24(23-17)8-7-13-5-3-2-4-6-13/h2-3,5,7-12H,4,6H2,1H3/b8-7-. The molecule has 4 nitrogen and oxygen atoms in total. The maximum Gasteiger partial charge on any atom is 0.416 e. The number of halogens is 3. The van der Waals surface area contributed by atoms with Gasteiger partial charge in [-0.2, -0.15) is 13.2 Å². The summed E-state index contributed by atoms with van der Waals surface area (Å²) in [6.07, 6.45) is 8.65. The second-order valence-electron chi connectivity index (χ2n) is 5.52. The summed E-state index contributed by atoms with van der Waals surface area (Å²) in [5, 5.41) is 4.21. The van der Waals surface area contributed by atoms with Crippen LogP contribution in [0.5, 0.6) is 5.75 Å². The molecule has 0 radical (unpaired) electrons. The fourth-order valence-electron chi connectivity index (χ4n) is 2.42. The highest BCUT2D eigenvalue weighted by Crippen LogP contribution is 2.34. The molecule has 1 aliphatic rings. The highest BCUT2D eigenvalue weighted by atomic mass is 19.4. The van der Waals surface area contributed by atoms with Crippen LogP contribution in [0.15, 0.2) is 54.4 Å². The van der Waals surface area contributed by atoms with E-state index in [0.29, 0.717) is 0 Å². The van der Waals surface area contributed by atoms with E-state index in [-0.39, 0.29) is 17.1 Å². The summed E-state index contributed by atoms with van der Waals surface area (Å²) in [5.41, 5.74) is 0.604. The van der Waals surface area contributed by atoms with Gasteiger partial charge in [0, 0.05) is 11.8 Å². The number of methoxy groups -OCH3 is 1. The van der Waals surface area contributed by atoms with Gasteiger partial charge in [-0.25, -0.2) is 9.67 Å². The Kier molecular flexibility index (Phi) is 4.74. The van der Waals surface area contributed by atoms with Gasteiger partial charge >= 0.3 is 6.18 Å². The van der Waals surface area contributed by atoms with Crippen molar-refractivity contribution in [2.24, 2.45) is 0 Å². The van der Waals surface area contributed by atoms with E-state index in [1.807, 2.05) is 18.2 Å². The van der Waals surface area contributed by atoms with Crippen LogP contribution in [-0.2, 0) is 6.18 Å². The number of ether oxygens (including phenoxy) is 1. The maximum absolute atomic E-state index is 13.0. The Balaban J connectivity index is 1.88. The number of hydrogen-bond acceptors (Lipinski definition) is 3. The van der Waals surface area contributed by atoms with E-state index in [4.69, 9.17) is 4.74 Å². The van der Waals surface area contributed by atoms with Crippen molar-refractivity contribution in [3.63, 3.8) is 0 Å². The monoisotopic (exact) mass is 347 g/mol. The fourth-order valence-corrected chi connectivity index (χ4v) is 2.42. The Morgan fingerprint density at radius 3 is 2.76 bits per heavy atom. The van der Waals surface area contributed by atoms with Crippen LogP contribution in [0.4, 0.5) is 13.2 Å². The molecule has 0 saturated carbocycles. The fraction of sp³-hybridized carbons (Fsp3) is 0.222. The van der Waals surface area contributed by atoms with Gasteiger partial charge in [-0.3, -0.25) is 0 Å². The summed E-state index contributed by atoms with van der Waals surface area (Å²) < 4.78 is 45.5. The van der Waals surface area contributed by atoms with Crippen LogP contribution in [-0.4, -0.2) is 21.9 Å². The second kappa shape index (κ2) is 6.96. The average Bonchev–Trinajstić information content (AvgIpc) is 3.09. The molecular formula is C18H16F3N3O. The quantitative estimate of drug-likeness (QED) is 0.803. The molecule has 2 aromatic rings. The molecule has 0 atom stereocenters. The van der Waals surface area contributed by atoms with Crippen molar-refractivity contribution in [3.8, 4) is 17.1 Å². The lowest BCUT2D eigenvalue weighted by Crippen LogP contribution is -2.05. The van der Waals surface area contributed by atoms with Gasteiger partial charge in [-0.15, -0.1) is 5.10 Å². The van der Waals surface area contributed by atoms with E-state index >= 15 is 0 Å². The van der Waals surface area contributed by atoms with Crippen molar-refractivity contribution in [2.45, 2.75) is 19.0 Å². The number of alkyl halides is 3. The van der Waals surface area contributed by atoms with Gasteiger partial charge in [-0.05, 0) is 42.7 Å². The number of rotatable bonds is 4. The van der Waals surface area contributed by atoms with Crippen molar-refractivity contribution in [2.75, 3.05) is 7.11 Å². The molecule has 7 heteroatoms. The molecule has 0 bridgehead atoms. The van der Waals surface area contributed by atoms with Crippen LogP contribution < -0.4 is 4.74 Å². The van der Waals surface area contributed by atoms with Crippen molar-refractivity contribution in [3.05, 3.63) is 60.0 Å². The second-order valence-corrected chi connectivity index (χ2v) is 5.52. The summed E-state index contributed by atoms with van der Waals surface area (Å²) in [5.74, 6) is 0.308. The topological polar surface area (TPSA) is 39.9 Å². The number of benzene rings is 1. The first kappa shape index (κ1) is 17.0. The van der Waals surface area contributed by atoms with Gasteiger partial charge in [0.2, 0.25) is 0 Å². The summed E-state index contributed by atoms with van der Waals surface area (Å²) in [6.45, 7) is 0. The number of hydrogen-bond donors (Lipinski definition) is 0. The molecule has 0 spiro atoms. The molecule has 0 fully saturated rings. The normalized spacial score (nSPS) is 14.8. The van der Waals surface area contributed by atoms with Gasteiger partial charge in [0.05, 0.1) is 12.7 Å². The lowest BCUT2D eigenvalue weighted by atomic mass is 10.1. The SMILES string of the molecule is COc1cc(-c2ncn(/C=C\C3=CC=CCC3)n2)cc(C(F)(F)F)c1. The average molecular weight is 347 g/mol. The number of nitrogens with zero attached hydrogens (tertiary/aromatic N) is 3. The van der Waals surface area contributed by atoms with Gasteiger partial charge in [-0.1, -0.05) is 18.2 Å². The Labute approximate surface area is 143 Å². The zero-order valence-electron chi connectivity index (χ0n) is 13.5. The maximum atomic E-state index is 13.0. The van der Waals surface area contributed by atoms with E-state index in [0.717, 1.165) is 30.5 Å². The van der Waals surface area contributed by atoms with Gasteiger partial charge in [0.1, 0.15) is 12.1 Å². The molecule has 1 aromatic heterocycles. The van der Waals surface area contributed by atoms with Gasteiger partial charge in [0.15, 0.2) is 5.82 Å². The Morgan fingerprint density at radius 2 is 2.08 bits per heavy atom. The van der Waals surface area contributed by atoms with Crippen LogP contribution in [0.1, 0.15) is 18.4 Å². The highest BCUT2D eigenvalue weighted by molar-refractivity contribution is 5.59. The van der Waals surface area contributed by atoms with Gasteiger partial charge < -0.3 is 4.74 Å². The molecule has 0 aliphatic heterocycles. The molecule has 0 N–H and O–H groups in total. The molecule has 25 heavy (non-hydrogen) atoms. The Hall–Kier alpha value is -2.83. The molecule has 0 unspecified atom stereocenters. The van der Waals surface area contributed by atoms with Crippen LogP contribution in [0.25, 0.3) is 17.6 Å². The van der Waals surface area contributed by atoms with Crippen molar-refractivity contribution in [1.29, 1.82) is 0 Å². The highest BCUT2D eigenvalue weighted by Gasteiger charge is 2.31. The summed E-state index contributed by atoms with van der Waals surface area (Å²) in [4.78, 5) is 4.09. The predicted molar refractivity (Wildman–Crippen MR) is 88.8 cm³/mol. The van der Waals surface area contributed by atoms with E-state index in [1.54, 1.807) is 6.20 Å². The van der Waals surface area contributed by atoms with Crippen LogP contribution in [0, 0.1) is 0 Å². The minimum Gasteiger partial charge on any atom is -0.497 e. The first-order chi connectivity index (χ1) is 12.0. The Bertz CT molecular complexity index is 847. The zero-order valence-corrected chi connectivity index (χ0v) is 13.5. The van der Waals surface area contributed by atoms with E-state index in [2.05, 4.69) is 16.2 Å². The van der Waals surface area contributed by atoms with E-state index < -0.39 is 11.7 Å². The van der Waals surface area contributed by atoms with E-state index in [9.17, 15) is 13.2 Å². The summed E-state index contributed by atoms with van der Waals surface area (Å²) >= 11 is 0. The Morgan fingerprint density at radius 1 is 1.24 bits per heavy atom. The number of allylic oxidation sites excluding steroid dienone is 5. The summed E-state index contributed by atoms with van der Waals surface area (Å²) in [7, 11) is 1.32. The van der Waals surface area contributed by atoms with Crippen LogP contribution in [0.2, 0.25) is 0 Å². The molecule has 1 aliphatic carbocycles. The van der Waals surface area contributed by atoms with Crippen molar-refractivity contribution in [1.82, 2.24) is 14.8 Å². The van der Waals surface area contributed by atoms with Crippen LogP contribution in [0.3, 0.4) is 0 Å². The third-order valence-electron chi connectivity index (χ3n) is 3.72. The lowest BCUT2D eigenvalue weighted by molar-refractivity contribution is -0.137. The molecule has 3 rings (SSSR count). The molecule has 1 heterocycles. The summed E-state index contributed by atoms with van der Waals surface area (Å²) in [6, 6.07) is 3.44. The van der Waals surface area contributed by atoms with Gasteiger partial charge in [0.25, 0.3) is 0 Å². The smallest absolute Gasteiger partial charge is 0.416 e. The lowest BCUT2D eigenvalue weighted by Gasteiger charge is -2.10. The van der Waals surface area contributed by atoms with Crippen molar-refractivity contribution >= 4 is 6.20 Å². The largest absolute Gasteiger partial charge is 0.497 e. The van der Waals surface area contributed by atoms with Crippen molar-refractivity contribution < 1.29 is 17.9 Å².